The molecule has 1 aromatic carbocycles. The van der Waals surface area contributed by atoms with Gasteiger partial charge in [-0.15, -0.1) is 0 Å². The zero-order valence-electron chi connectivity index (χ0n) is 20.4. The van der Waals surface area contributed by atoms with Crippen molar-refractivity contribution in [3.05, 3.63) is 41.1 Å². The van der Waals surface area contributed by atoms with E-state index in [0.717, 1.165) is 4.90 Å². The summed E-state index contributed by atoms with van der Waals surface area (Å²) < 4.78 is 19.4. The molecule has 4 atom stereocenters. The number of carbonyl (C=O) groups excluding carboxylic acids is 2. The lowest BCUT2D eigenvalue weighted by Crippen LogP contribution is -2.64. The fourth-order valence-corrected chi connectivity index (χ4v) is 7.32. The molecule has 10 heteroatoms. The smallest absolute Gasteiger partial charge is 0.352 e. The van der Waals surface area contributed by atoms with Crippen LogP contribution in [-0.4, -0.2) is 57.6 Å². The van der Waals surface area contributed by atoms with E-state index in [1.165, 1.54) is 0 Å². The molecule has 2 aliphatic rings. The summed E-state index contributed by atoms with van der Waals surface area (Å²) >= 11 is 6.64. The number of hydrogen-bond acceptors (Lipinski definition) is 5. The number of carboxylic acids is 1. The van der Waals surface area contributed by atoms with Gasteiger partial charge in [-0.25, -0.2) is 4.79 Å². The Bertz CT molecular complexity index is 1040. The van der Waals surface area contributed by atoms with Gasteiger partial charge in [-0.2, -0.15) is 0 Å². The molecule has 1 aromatic rings. The number of Topliss-reactive ketones (excluding diaryl/α,β-unsaturated/α-hetero) is 1. The van der Waals surface area contributed by atoms with Crippen LogP contribution in [0.25, 0.3) is 0 Å². The zero-order chi connectivity index (χ0) is 25.6. The van der Waals surface area contributed by atoms with Crippen LogP contribution >= 0.6 is 11.6 Å². The number of β-lactam (4-membered cyclic amide) rings is 1. The van der Waals surface area contributed by atoms with E-state index in [4.69, 9.17) is 16.0 Å². The monoisotopic (exact) mass is 525 g/mol. The summed E-state index contributed by atoms with van der Waals surface area (Å²) in [6, 6.07) is 6.54. The lowest BCUT2D eigenvalue weighted by Gasteiger charge is -2.49. The Morgan fingerprint density at radius 2 is 1.91 bits per heavy atom. The maximum absolute atomic E-state index is 13.3. The Morgan fingerprint density at radius 3 is 2.44 bits per heavy atom. The summed E-state index contributed by atoms with van der Waals surface area (Å²) in [5.74, 6) is -3.00. The van der Waals surface area contributed by atoms with Gasteiger partial charge >= 0.3 is 5.97 Å². The lowest BCUT2D eigenvalue weighted by atomic mass is 9.88. The number of benzene rings is 1. The fourth-order valence-electron chi connectivity index (χ4n) is 4.06. The average molecular weight is 526 g/mol. The van der Waals surface area contributed by atoms with E-state index in [9.17, 15) is 23.7 Å². The summed E-state index contributed by atoms with van der Waals surface area (Å²) in [6.45, 7) is 12.4. The molecule has 0 aliphatic carbocycles. The Kier molecular flexibility index (Phi) is 7.63. The topological polar surface area (TPSA) is 101 Å². The average Bonchev–Trinajstić information content (AvgIpc) is 2.86. The van der Waals surface area contributed by atoms with Gasteiger partial charge in [0.1, 0.15) is 11.2 Å². The second kappa shape index (κ2) is 9.68. The SMILES string of the molecule is CCC(O[Si](C)(C)C(C)(C)C)C1C(=O)N(C(C(=O)O)=C2CC(=O)c3ccccc3S(=O)C2)C1Cl. The van der Waals surface area contributed by atoms with Gasteiger partial charge in [-0.3, -0.25) is 18.7 Å². The molecule has 0 saturated carbocycles. The van der Waals surface area contributed by atoms with Crippen molar-refractivity contribution in [1.82, 2.24) is 4.90 Å². The number of hydrogen-bond donors (Lipinski definition) is 1. The van der Waals surface area contributed by atoms with Crippen LogP contribution in [0, 0.1) is 5.92 Å². The Balaban J connectivity index is 1.93. The van der Waals surface area contributed by atoms with Crippen LogP contribution in [0.3, 0.4) is 0 Å². The van der Waals surface area contributed by atoms with E-state index in [2.05, 4.69) is 33.9 Å². The molecule has 1 N–H and O–H groups in total. The second-order valence-electron chi connectivity index (χ2n) is 10.3. The van der Waals surface area contributed by atoms with Gasteiger partial charge < -0.3 is 9.53 Å². The number of likely N-dealkylation sites (tertiary alicyclic amines) is 1. The predicted octanol–water partition coefficient (Wildman–Crippen LogP) is 4.54. The first kappa shape index (κ1) is 26.8. The highest BCUT2D eigenvalue weighted by Gasteiger charge is 2.55. The van der Waals surface area contributed by atoms with Crippen molar-refractivity contribution in [3.63, 3.8) is 0 Å². The molecular weight excluding hydrogens is 494 g/mol. The van der Waals surface area contributed by atoms with Crippen LogP contribution in [-0.2, 0) is 24.8 Å². The largest absolute Gasteiger partial charge is 0.477 e. The standard InChI is InChI=1S/C24H32ClNO6SSi/c1-7-17(32-34(5,6)24(2,3)4)19-21(25)26(22(19)28)20(23(29)30)14-12-16(27)15-10-8-9-11-18(15)33(31)13-14/h8-11,17,19,21H,7,12-13H2,1-6H3,(H,29,30). The van der Waals surface area contributed by atoms with Crippen LogP contribution in [0.5, 0.6) is 0 Å². The molecule has 0 spiro atoms. The van der Waals surface area contributed by atoms with Gasteiger partial charge in [-0.05, 0) is 36.2 Å². The summed E-state index contributed by atoms with van der Waals surface area (Å²) in [6.07, 6.45) is -0.127. The van der Waals surface area contributed by atoms with E-state index in [-0.39, 0.29) is 34.3 Å². The molecule has 2 heterocycles. The first-order chi connectivity index (χ1) is 15.7. The van der Waals surface area contributed by atoms with Gasteiger partial charge in [-0.1, -0.05) is 57.5 Å². The zero-order valence-corrected chi connectivity index (χ0v) is 23.0. The first-order valence-corrected chi connectivity index (χ1v) is 16.0. The number of ketones is 1. The number of amides is 1. The van der Waals surface area contributed by atoms with Crippen molar-refractivity contribution in [2.45, 2.75) is 75.2 Å². The van der Waals surface area contributed by atoms with Gasteiger partial charge in [0.15, 0.2) is 14.1 Å². The molecule has 186 valence electrons. The molecule has 34 heavy (non-hydrogen) atoms. The van der Waals surface area contributed by atoms with Crippen LogP contribution in [0.4, 0.5) is 0 Å². The molecule has 3 rings (SSSR count). The maximum atomic E-state index is 13.3. The number of nitrogens with zero attached hydrogens (tertiary/aromatic N) is 1. The summed E-state index contributed by atoms with van der Waals surface area (Å²) in [5, 5.41) is 9.94. The Morgan fingerprint density at radius 1 is 1.29 bits per heavy atom. The van der Waals surface area contributed by atoms with Crippen molar-refractivity contribution < 1.29 is 28.1 Å². The molecule has 7 nitrogen and oxygen atoms in total. The van der Waals surface area contributed by atoms with Gasteiger partial charge in [0, 0.05) is 16.9 Å². The number of halogens is 1. The highest BCUT2D eigenvalue weighted by atomic mass is 35.5. The van der Waals surface area contributed by atoms with E-state index in [1.807, 2.05) is 6.92 Å². The Hall–Kier alpha value is -1.81. The predicted molar refractivity (Wildman–Crippen MR) is 134 cm³/mol. The minimum Gasteiger partial charge on any atom is -0.477 e. The fraction of sp³-hybridized carbons (Fsp3) is 0.542. The number of aliphatic carboxylic acids is 1. The molecule has 2 aliphatic heterocycles. The molecule has 1 saturated heterocycles. The highest BCUT2D eigenvalue weighted by molar-refractivity contribution is 7.85. The first-order valence-electron chi connectivity index (χ1n) is 11.3. The number of carbonyl (C=O) groups is 3. The maximum Gasteiger partial charge on any atom is 0.352 e. The van der Waals surface area contributed by atoms with E-state index in [1.54, 1.807) is 24.3 Å². The Labute approximate surface area is 209 Å². The van der Waals surface area contributed by atoms with E-state index in [0.29, 0.717) is 16.9 Å². The number of rotatable bonds is 6. The van der Waals surface area contributed by atoms with Crippen LogP contribution < -0.4 is 0 Å². The van der Waals surface area contributed by atoms with Gasteiger partial charge in [0.25, 0.3) is 0 Å². The van der Waals surface area contributed by atoms with E-state index >= 15 is 0 Å². The number of carboxylic acid groups (broad SMARTS) is 1. The van der Waals surface area contributed by atoms with Gasteiger partial charge in [0.05, 0.1) is 28.6 Å². The summed E-state index contributed by atoms with van der Waals surface area (Å²) in [4.78, 5) is 39.8. The third-order valence-electron chi connectivity index (χ3n) is 7.01. The van der Waals surface area contributed by atoms with Crippen molar-refractivity contribution in [2.24, 2.45) is 5.92 Å². The van der Waals surface area contributed by atoms with Crippen molar-refractivity contribution in [2.75, 3.05) is 5.75 Å². The van der Waals surface area contributed by atoms with Crippen molar-refractivity contribution in [1.29, 1.82) is 0 Å². The normalized spacial score (nSPS) is 25.9. The molecule has 4 unspecified atom stereocenters. The molecule has 1 amide bonds. The third-order valence-corrected chi connectivity index (χ3v) is 13.4. The molecular formula is C24H32ClNO6SSi. The van der Waals surface area contributed by atoms with Crippen LogP contribution in [0.15, 0.2) is 40.4 Å². The summed E-state index contributed by atoms with van der Waals surface area (Å²) in [5.41, 5.74) is -0.833. The van der Waals surface area contributed by atoms with Gasteiger partial charge in [0.2, 0.25) is 5.91 Å². The van der Waals surface area contributed by atoms with Crippen LogP contribution in [0.1, 0.15) is 50.9 Å². The number of fused-ring (bicyclic) bond motifs is 1. The van der Waals surface area contributed by atoms with E-state index < -0.39 is 48.5 Å². The minimum absolute atomic E-state index is 0.0668. The molecule has 0 aromatic heterocycles. The third kappa shape index (κ3) is 4.80. The molecule has 0 radical (unpaired) electrons. The minimum atomic E-state index is -2.20. The van der Waals surface area contributed by atoms with Crippen molar-refractivity contribution >= 4 is 48.4 Å². The molecule has 0 bridgehead atoms. The van der Waals surface area contributed by atoms with Crippen LogP contribution in [0.2, 0.25) is 18.1 Å². The molecule has 1 fully saturated rings. The van der Waals surface area contributed by atoms with Crippen molar-refractivity contribution in [3.8, 4) is 0 Å². The summed E-state index contributed by atoms with van der Waals surface area (Å²) in [7, 11) is -3.82. The quantitative estimate of drug-likeness (QED) is 0.192. The lowest BCUT2D eigenvalue weighted by molar-refractivity contribution is -0.158. The number of alkyl halides is 1. The highest BCUT2D eigenvalue weighted by Crippen LogP contribution is 2.44. The second-order valence-corrected chi connectivity index (χ2v) is 16.9.